The number of carbonyl (C=O) groups is 1. The lowest BCUT2D eigenvalue weighted by Crippen LogP contribution is -2.17. The molecule has 9 heteroatoms. The van der Waals surface area contributed by atoms with E-state index < -0.39 is 18.0 Å². The summed E-state index contributed by atoms with van der Waals surface area (Å²) < 4.78 is 45.7. The molecule has 0 aromatic heterocycles. The summed E-state index contributed by atoms with van der Waals surface area (Å²) in [6, 6.07) is 7.31. The molecule has 0 fully saturated rings. The minimum Gasteiger partial charge on any atom is -0.503 e. The number of carbonyl (C=O) groups excluding carboxylic acids is 1. The van der Waals surface area contributed by atoms with Crippen LogP contribution in [-0.2, 0) is 0 Å². The van der Waals surface area contributed by atoms with E-state index in [9.17, 15) is 23.1 Å². The molecule has 0 atom stereocenters. The number of halogens is 4. The number of amides is 1. The standard InChI is InChI=1S/C16H13ClF3NO4/c1-2-24-13-7-9(6-12(17)14(13)22)15(23)21-10-4-3-5-11(8-10)25-16(18,19)20/h3-8,22H,2H2,1H3,(H,21,23). The van der Waals surface area contributed by atoms with Gasteiger partial charge in [0.15, 0.2) is 11.5 Å². The van der Waals surface area contributed by atoms with Gasteiger partial charge in [0.05, 0.1) is 11.6 Å². The first kappa shape index (κ1) is 18.7. The van der Waals surface area contributed by atoms with Gasteiger partial charge in [-0.2, -0.15) is 0 Å². The van der Waals surface area contributed by atoms with Crippen LogP contribution in [0.1, 0.15) is 17.3 Å². The smallest absolute Gasteiger partial charge is 0.503 e. The Labute approximate surface area is 145 Å². The van der Waals surface area contributed by atoms with Gasteiger partial charge in [-0.15, -0.1) is 13.2 Å². The van der Waals surface area contributed by atoms with Crippen LogP contribution in [-0.4, -0.2) is 24.0 Å². The van der Waals surface area contributed by atoms with E-state index in [1.165, 1.54) is 24.3 Å². The molecule has 0 aliphatic heterocycles. The lowest BCUT2D eigenvalue weighted by Gasteiger charge is -2.12. The zero-order valence-electron chi connectivity index (χ0n) is 12.9. The molecular formula is C16H13ClF3NO4. The Balaban J connectivity index is 2.21. The van der Waals surface area contributed by atoms with Gasteiger partial charge in [-0.05, 0) is 31.2 Å². The Morgan fingerprint density at radius 1 is 1.28 bits per heavy atom. The molecule has 0 bridgehead atoms. The first-order valence-corrected chi connectivity index (χ1v) is 7.40. The van der Waals surface area contributed by atoms with E-state index in [0.29, 0.717) is 0 Å². The van der Waals surface area contributed by atoms with Gasteiger partial charge in [0.25, 0.3) is 5.91 Å². The van der Waals surface area contributed by atoms with Gasteiger partial charge in [0.2, 0.25) is 0 Å². The Morgan fingerprint density at radius 2 is 2.00 bits per heavy atom. The molecule has 0 aliphatic rings. The van der Waals surface area contributed by atoms with Crippen molar-refractivity contribution < 1.29 is 32.5 Å². The second kappa shape index (κ2) is 7.52. The molecule has 0 saturated carbocycles. The lowest BCUT2D eigenvalue weighted by molar-refractivity contribution is -0.274. The Morgan fingerprint density at radius 3 is 2.64 bits per heavy atom. The number of phenols is 1. The molecule has 0 radical (unpaired) electrons. The molecule has 134 valence electrons. The average Bonchev–Trinajstić information content (AvgIpc) is 2.50. The van der Waals surface area contributed by atoms with Crippen LogP contribution in [0, 0.1) is 0 Å². The molecule has 0 saturated heterocycles. The van der Waals surface area contributed by atoms with Crippen molar-refractivity contribution in [1.29, 1.82) is 0 Å². The highest BCUT2D eigenvalue weighted by molar-refractivity contribution is 6.32. The van der Waals surface area contributed by atoms with Crippen molar-refractivity contribution in [3.05, 3.63) is 47.0 Å². The Hall–Kier alpha value is -2.61. The van der Waals surface area contributed by atoms with E-state index in [4.69, 9.17) is 16.3 Å². The molecule has 5 nitrogen and oxygen atoms in total. The maximum atomic E-state index is 12.3. The van der Waals surface area contributed by atoms with Gasteiger partial charge in [-0.3, -0.25) is 4.79 Å². The van der Waals surface area contributed by atoms with Crippen molar-refractivity contribution >= 4 is 23.2 Å². The van der Waals surface area contributed by atoms with Crippen LogP contribution in [0.25, 0.3) is 0 Å². The number of benzene rings is 2. The third kappa shape index (κ3) is 5.18. The highest BCUT2D eigenvalue weighted by Gasteiger charge is 2.31. The van der Waals surface area contributed by atoms with Crippen LogP contribution in [0.3, 0.4) is 0 Å². The monoisotopic (exact) mass is 375 g/mol. The second-order valence-electron chi connectivity index (χ2n) is 4.77. The number of aromatic hydroxyl groups is 1. The number of rotatable bonds is 5. The first-order chi connectivity index (χ1) is 11.7. The number of hydrogen-bond donors (Lipinski definition) is 2. The van der Waals surface area contributed by atoms with Gasteiger partial charge < -0.3 is 19.9 Å². The van der Waals surface area contributed by atoms with E-state index in [1.807, 2.05) is 0 Å². The molecule has 2 aromatic rings. The maximum absolute atomic E-state index is 12.3. The van der Waals surface area contributed by atoms with Gasteiger partial charge in [0.1, 0.15) is 5.75 Å². The predicted molar refractivity (Wildman–Crippen MR) is 85.4 cm³/mol. The third-order valence-electron chi connectivity index (χ3n) is 2.92. The van der Waals surface area contributed by atoms with E-state index in [-0.39, 0.29) is 34.4 Å². The molecule has 25 heavy (non-hydrogen) atoms. The minimum absolute atomic E-state index is 0.0225. The molecule has 0 unspecified atom stereocenters. The molecule has 0 heterocycles. The second-order valence-corrected chi connectivity index (χ2v) is 5.17. The normalized spacial score (nSPS) is 11.1. The van der Waals surface area contributed by atoms with Crippen molar-refractivity contribution in [2.75, 3.05) is 11.9 Å². The highest BCUT2D eigenvalue weighted by atomic mass is 35.5. The summed E-state index contributed by atoms with van der Waals surface area (Å²) in [7, 11) is 0. The van der Waals surface area contributed by atoms with Crippen LogP contribution < -0.4 is 14.8 Å². The third-order valence-corrected chi connectivity index (χ3v) is 3.20. The summed E-state index contributed by atoms with van der Waals surface area (Å²) in [6.07, 6.45) is -4.83. The summed E-state index contributed by atoms with van der Waals surface area (Å²) in [6.45, 7) is 1.93. The first-order valence-electron chi connectivity index (χ1n) is 7.02. The summed E-state index contributed by atoms with van der Waals surface area (Å²) in [5, 5.41) is 12.1. The van der Waals surface area contributed by atoms with Crippen molar-refractivity contribution in [3.8, 4) is 17.2 Å². The number of hydrogen-bond acceptors (Lipinski definition) is 4. The SMILES string of the molecule is CCOc1cc(C(=O)Nc2cccc(OC(F)(F)F)c2)cc(Cl)c1O. The van der Waals surface area contributed by atoms with Crippen molar-refractivity contribution in [2.45, 2.75) is 13.3 Å². The van der Waals surface area contributed by atoms with Crippen LogP contribution in [0.2, 0.25) is 5.02 Å². The number of alkyl halides is 3. The molecular weight excluding hydrogens is 363 g/mol. The summed E-state index contributed by atoms with van der Waals surface area (Å²) in [5.74, 6) is -1.40. The largest absolute Gasteiger partial charge is 0.573 e. The number of anilines is 1. The molecule has 2 aromatic carbocycles. The van der Waals surface area contributed by atoms with Crippen LogP contribution in [0.5, 0.6) is 17.2 Å². The van der Waals surface area contributed by atoms with E-state index in [2.05, 4.69) is 10.1 Å². The van der Waals surface area contributed by atoms with Gasteiger partial charge in [0, 0.05) is 17.3 Å². The molecule has 0 aliphatic carbocycles. The summed E-state index contributed by atoms with van der Waals surface area (Å²) in [5.41, 5.74) is 0.155. The van der Waals surface area contributed by atoms with E-state index in [0.717, 1.165) is 12.1 Å². The van der Waals surface area contributed by atoms with E-state index >= 15 is 0 Å². The quantitative estimate of drug-likeness (QED) is 0.801. The fourth-order valence-corrected chi connectivity index (χ4v) is 2.16. The van der Waals surface area contributed by atoms with Gasteiger partial charge >= 0.3 is 6.36 Å². The summed E-state index contributed by atoms with van der Waals surface area (Å²) in [4.78, 5) is 12.3. The number of nitrogens with one attached hydrogen (secondary N) is 1. The fourth-order valence-electron chi connectivity index (χ4n) is 1.94. The molecule has 1 amide bonds. The van der Waals surface area contributed by atoms with Gasteiger partial charge in [-0.1, -0.05) is 17.7 Å². The highest BCUT2D eigenvalue weighted by Crippen LogP contribution is 2.35. The predicted octanol–water partition coefficient (Wildman–Crippen LogP) is 4.60. The molecule has 0 spiro atoms. The zero-order valence-corrected chi connectivity index (χ0v) is 13.6. The van der Waals surface area contributed by atoms with Gasteiger partial charge in [-0.25, -0.2) is 0 Å². The molecule has 2 N–H and O–H groups in total. The Bertz CT molecular complexity index is 780. The topological polar surface area (TPSA) is 67.8 Å². The minimum atomic E-state index is -4.83. The zero-order chi connectivity index (χ0) is 18.6. The number of ether oxygens (including phenoxy) is 2. The average molecular weight is 376 g/mol. The fraction of sp³-hybridized carbons (Fsp3) is 0.188. The van der Waals surface area contributed by atoms with E-state index in [1.54, 1.807) is 6.92 Å². The van der Waals surface area contributed by atoms with Crippen molar-refractivity contribution in [1.82, 2.24) is 0 Å². The lowest BCUT2D eigenvalue weighted by atomic mass is 10.1. The maximum Gasteiger partial charge on any atom is 0.573 e. The van der Waals surface area contributed by atoms with Crippen LogP contribution in [0.15, 0.2) is 36.4 Å². The van der Waals surface area contributed by atoms with Crippen LogP contribution in [0.4, 0.5) is 18.9 Å². The van der Waals surface area contributed by atoms with Crippen molar-refractivity contribution in [2.24, 2.45) is 0 Å². The molecule has 2 rings (SSSR count). The number of phenolic OH excluding ortho intramolecular Hbond substituents is 1. The Kier molecular flexibility index (Phi) is 5.63. The van der Waals surface area contributed by atoms with Crippen LogP contribution >= 0.6 is 11.6 Å². The summed E-state index contributed by atoms with van der Waals surface area (Å²) >= 11 is 5.84. The van der Waals surface area contributed by atoms with Crippen molar-refractivity contribution in [3.63, 3.8) is 0 Å².